The summed E-state index contributed by atoms with van der Waals surface area (Å²) >= 11 is 6.05. The zero-order valence-corrected chi connectivity index (χ0v) is 15.8. The molecule has 3 aromatic rings. The van der Waals surface area contributed by atoms with Gasteiger partial charge in [0.1, 0.15) is 5.75 Å². The number of aromatic nitrogens is 1. The van der Waals surface area contributed by atoms with Crippen LogP contribution in [-0.2, 0) is 6.42 Å². The molecule has 5 rings (SSSR count). The van der Waals surface area contributed by atoms with Crippen molar-refractivity contribution in [2.24, 2.45) is 0 Å². The Bertz CT molecular complexity index is 965. The van der Waals surface area contributed by atoms with E-state index in [1.807, 2.05) is 18.2 Å². The fourth-order valence-corrected chi connectivity index (χ4v) is 4.67. The molecule has 1 saturated heterocycles. The number of fused-ring (bicyclic) bond motifs is 4. The van der Waals surface area contributed by atoms with Crippen molar-refractivity contribution in [1.82, 2.24) is 9.88 Å². The van der Waals surface area contributed by atoms with E-state index in [1.54, 1.807) is 7.11 Å². The summed E-state index contributed by atoms with van der Waals surface area (Å²) in [5.41, 5.74) is 5.25. The van der Waals surface area contributed by atoms with Gasteiger partial charge in [-0.1, -0.05) is 11.6 Å². The molecule has 0 aliphatic carbocycles. The van der Waals surface area contributed by atoms with Crippen LogP contribution in [0, 0.1) is 0 Å². The van der Waals surface area contributed by atoms with Crippen LogP contribution in [0.2, 0.25) is 5.02 Å². The molecular formula is C21H22ClN3O. The highest BCUT2D eigenvalue weighted by molar-refractivity contribution is 6.30. The number of nitrogens with zero attached hydrogens (tertiary/aromatic N) is 2. The van der Waals surface area contributed by atoms with Gasteiger partial charge in [0.2, 0.25) is 0 Å². The monoisotopic (exact) mass is 367 g/mol. The summed E-state index contributed by atoms with van der Waals surface area (Å²) in [6.45, 7) is 4.30. The fraction of sp³-hybridized carbons (Fsp3) is 0.333. The minimum absolute atomic E-state index is 0.374. The highest BCUT2D eigenvalue weighted by Crippen LogP contribution is 2.41. The van der Waals surface area contributed by atoms with E-state index in [0.717, 1.165) is 30.4 Å². The van der Waals surface area contributed by atoms with E-state index in [0.29, 0.717) is 12.1 Å². The summed E-state index contributed by atoms with van der Waals surface area (Å²) in [6, 6.07) is 15.4. The van der Waals surface area contributed by atoms with Crippen molar-refractivity contribution in [2.75, 3.05) is 25.2 Å². The second-order valence-corrected chi connectivity index (χ2v) is 7.75. The molecule has 1 aromatic heterocycles. The predicted molar refractivity (Wildman–Crippen MR) is 106 cm³/mol. The van der Waals surface area contributed by atoms with E-state index >= 15 is 0 Å². The molecule has 0 radical (unpaired) electrons. The van der Waals surface area contributed by atoms with Gasteiger partial charge in [-0.2, -0.15) is 0 Å². The molecule has 2 unspecified atom stereocenters. The van der Waals surface area contributed by atoms with Crippen LogP contribution in [0.1, 0.15) is 24.2 Å². The molecule has 2 aliphatic rings. The molecule has 0 saturated carbocycles. The summed E-state index contributed by atoms with van der Waals surface area (Å²) in [5.74, 6) is 0.920. The van der Waals surface area contributed by atoms with Gasteiger partial charge in [0, 0.05) is 45.9 Å². The Morgan fingerprint density at radius 2 is 1.96 bits per heavy atom. The number of rotatable bonds is 2. The van der Waals surface area contributed by atoms with E-state index in [2.05, 4.69) is 46.0 Å². The number of hydrogen-bond donors (Lipinski definition) is 1. The lowest BCUT2D eigenvalue weighted by Gasteiger charge is -2.34. The maximum Gasteiger partial charge on any atom is 0.119 e. The molecular weight excluding hydrogens is 346 g/mol. The molecule has 4 nitrogen and oxygen atoms in total. The first kappa shape index (κ1) is 16.0. The van der Waals surface area contributed by atoms with Crippen molar-refractivity contribution in [1.29, 1.82) is 0 Å². The van der Waals surface area contributed by atoms with Gasteiger partial charge in [-0.3, -0.25) is 4.90 Å². The van der Waals surface area contributed by atoms with Crippen LogP contribution in [-0.4, -0.2) is 36.2 Å². The third kappa shape index (κ3) is 2.40. The first-order chi connectivity index (χ1) is 12.6. The molecule has 0 spiro atoms. The Kier molecular flexibility index (Phi) is 3.66. The van der Waals surface area contributed by atoms with Gasteiger partial charge in [-0.25, -0.2) is 0 Å². The summed E-state index contributed by atoms with van der Waals surface area (Å²) in [7, 11) is 1.73. The summed E-state index contributed by atoms with van der Waals surface area (Å²) in [6.07, 6.45) is 1.07. The molecule has 26 heavy (non-hydrogen) atoms. The van der Waals surface area contributed by atoms with Crippen LogP contribution < -0.4 is 9.64 Å². The number of anilines is 1. The smallest absolute Gasteiger partial charge is 0.119 e. The minimum atomic E-state index is 0.374. The number of benzene rings is 2. The topological polar surface area (TPSA) is 31.5 Å². The molecule has 1 fully saturated rings. The Morgan fingerprint density at radius 1 is 1.15 bits per heavy atom. The average molecular weight is 368 g/mol. The first-order valence-electron chi connectivity index (χ1n) is 9.09. The third-order valence-electron chi connectivity index (χ3n) is 5.93. The third-order valence-corrected chi connectivity index (χ3v) is 6.18. The lowest BCUT2D eigenvalue weighted by atomic mass is 9.93. The maximum absolute atomic E-state index is 6.05. The van der Waals surface area contributed by atoms with E-state index in [1.165, 1.54) is 27.8 Å². The second-order valence-electron chi connectivity index (χ2n) is 7.32. The molecule has 2 aliphatic heterocycles. The Hall–Kier alpha value is -2.17. The number of aromatic amines is 1. The van der Waals surface area contributed by atoms with Crippen LogP contribution in [0.3, 0.4) is 0 Å². The van der Waals surface area contributed by atoms with E-state index in [4.69, 9.17) is 16.3 Å². The SMILES string of the molecule is COc1ccc2[nH]c3c(c2c1)CC1CN(c2ccc(Cl)cc2)CN1C3C. The zero-order valence-electron chi connectivity index (χ0n) is 15.0. The van der Waals surface area contributed by atoms with Crippen LogP contribution in [0.5, 0.6) is 5.75 Å². The van der Waals surface area contributed by atoms with Gasteiger partial charge in [-0.05, 0) is 61.4 Å². The van der Waals surface area contributed by atoms with Crippen LogP contribution in [0.15, 0.2) is 42.5 Å². The second kappa shape index (κ2) is 5.93. The van der Waals surface area contributed by atoms with Crippen LogP contribution in [0.4, 0.5) is 5.69 Å². The molecule has 2 atom stereocenters. The Labute approximate surface area is 158 Å². The van der Waals surface area contributed by atoms with E-state index < -0.39 is 0 Å². The summed E-state index contributed by atoms with van der Waals surface area (Å²) in [4.78, 5) is 8.71. The van der Waals surface area contributed by atoms with Crippen molar-refractivity contribution >= 4 is 28.2 Å². The van der Waals surface area contributed by atoms with Gasteiger partial charge >= 0.3 is 0 Å². The lowest BCUT2D eigenvalue weighted by molar-refractivity contribution is 0.178. The van der Waals surface area contributed by atoms with Crippen molar-refractivity contribution < 1.29 is 4.74 Å². The van der Waals surface area contributed by atoms with Gasteiger partial charge in [0.05, 0.1) is 13.8 Å². The molecule has 1 N–H and O–H groups in total. The van der Waals surface area contributed by atoms with Crippen molar-refractivity contribution in [3.63, 3.8) is 0 Å². The fourth-order valence-electron chi connectivity index (χ4n) is 4.54. The van der Waals surface area contributed by atoms with Gasteiger partial charge in [-0.15, -0.1) is 0 Å². The van der Waals surface area contributed by atoms with E-state index in [9.17, 15) is 0 Å². The Morgan fingerprint density at radius 3 is 2.73 bits per heavy atom. The van der Waals surface area contributed by atoms with Crippen molar-refractivity contribution in [3.05, 3.63) is 58.7 Å². The number of nitrogens with one attached hydrogen (secondary N) is 1. The largest absolute Gasteiger partial charge is 0.497 e. The van der Waals surface area contributed by atoms with Crippen LogP contribution >= 0.6 is 11.6 Å². The minimum Gasteiger partial charge on any atom is -0.497 e. The number of methoxy groups -OCH3 is 1. The van der Waals surface area contributed by atoms with Gasteiger partial charge in [0.25, 0.3) is 0 Å². The van der Waals surface area contributed by atoms with Gasteiger partial charge in [0.15, 0.2) is 0 Å². The van der Waals surface area contributed by atoms with Crippen molar-refractivity contribution in [3.8, 4) is 5.75 Å². The molecule has 0 bridgehead atoms. The number of hydrogen-bond acceptors (Lipinski definition) is 3. The first-order valence-corrected chi connectivity index (χ1v) is 9.46. The Balaban J connectivity index is 1.49. The standard InChI is InChI=1S/C21H22ClN3O/c1-13-21-19(18-10-17(26-2)7-8-20(18)23-21)9-16-11-24(12-25(13)16)15-5-3-14(22)4-6-15/h3-8,10,13,16,23H,9,11-12H2,1-2H3. The molecule has 2 aromatic carbocycles. The predicted octanol–water partition coefficient (Wildman–Crippen LogP) is 4.60. The van der Waals surface area contributed by atoms with E-state index in [-0.39, 0.29) is 0 Å². The summed E-state index contributed by atoms with van der Waals surface area (Å²) in [5, 5.41) is 2.09. The average Bonchev–Trinajstić information content (AvgIpc) is 3.24. The lowest BCUT2D eigenvalue weighted by Crippen LogP contribution is -2.39. The number of H-pyrrole nitrogens is 1. The summed E-state index contributed by atoms with van der Waals surface area (Å²) < 4.78 is 5.44. The molecule has 134 valence electrons. The zero-order chi connectivity index (χ0) is 17.8. The van der Waals surface area contributed by atoms with Gasteiger partial charge < -0.3 is 14.6 Å². The molecule has 3 heterocycles. The molecule has 0 amide bonds. The highest BCUT2D eigenvalue weighted by atomic mass is 35.5. The number of halogens is 1. The number of ether oxygens (including phenoxy) is 1. The molecule has 5 heteroatoms. The highest BCUT2D eigenvalue weighted by Gasteiger charge is 2.40. The quantitative estimate of drug-likeness (QED) is 0.718. The normalized spacial score (nSPS) is 22.5. The maximum atomic E-state index is 6.05. The van der Waals surface area contributed by atoms with Crippen molar-refractivity contribution in [2.45, 2.75) is 25.4 Å². The van der Waals surface area contributed by atoms with Crippen LogP contribution in [0.25, 0.3) is 10.9 Å².